The van der Waals surface area contributed by atoms with E-state index in [9.17, 15) is 77.0 Å². The van der Waals surface area contributed by atoms with Crippen LogP contribution in [0.4, 0.5) is 0 Å². The zero-order valence-corrected chi connectivity index (χ0v) is 57.8. The van der Waals surface area contributed by atoms with Crippen LogP contribution in [-0.4, -0.2) is 232 Å². The third-order valence-electron chi connectivity index (χ3n) is 18.7. The first-order chi connectivity index (χ1) is 47.6. The van der Waals surface area contributed by atoms with Gasteiger partial charge in [0.1, 0.15) is 66.5 Å². The largest absolute Gasteiger partial charge is 0.480 e. The summed E-state index contributed by atoms with van der Waals surface area (Å²) in [5.41, 5.74) is 6.78. The number of nitrogens with two attached hydrogens (primary N) is 1. The number of benzene rings is 2. The van der Waals surface area contributed by atoms with E-state index in [0.29, 0.717) is 49.8 Å². The summed E-state index contributed by atoms with van der Waals surface area (Å²) in [6, 6.07) is 4.57. The molecule has 14 amide bonds. The van der Waals surface area contributed by atoms with E-state index in [4.69, 9.17) is 5.73 Å². The molecule has 100 heavy (non-hydrogen) atoms. The first-order valence-corrected chi connectivity index (χ1v) is 34.8. The number of hydrogen-bond acceptors (Lipinski definition) is 16. The summed E-state index contributed by atoms with van der Waals surface area (Å²) < 4.78 is 0. The number of carbonyl (C=O) groups is 15. The fourth-order valence-electron chi connectivity index (χ4n) is 13.4. The van der Waals surface area contributed by atoms with Gasteiger partial charge in [0.15, 0.2) is 0 Å². The third kappa shape index (κ3) is 21.7. The zero-order chi connectivity index (χ0) is 72.9. The Kier molecular flexibility index (Phi) is 28.8. The van der Waals surface area contributed by atoms with Crippen LogP contribution in [0.15, 0.2) is 60.7 Å². The van der Waals surface area contributed by atoms with Gasteiger partial charge in [-0.15, -0.1) is 0 Å². The van der Waals surface area contributed by atoms with E-state index < -0.39 is 168 Å². The molecule has 0 unspecified atom stereocenters. The number of likely N-dealkylation sites (tertiary alicyclic amines) is 4. The van der Waals surface area contributed by atoms with E-state index in [1.165, 1.54) is 33.4 Å². The van der Waals surface area contributed by atoms with E-state index in [-0.39, 0.29) is 102 Å². The Hall–Kier alpha value is -9.55. The number of primary amides is 1. The smallest absolute Gasteiger partial charge is 0.325 e. The van der Waals surface area contributed by atoms with Gasteiger partial charge in [0, 0.05) is 45.4 Å². The number of carbonyl (C=O) groups excluding carboxylic acids is 14. The molecular weight excluding hydrogens is 1290 g/mol. The second-order valence-corrected chi connectivity index (χ2v) is 27.2. The molecule has 2 aromatic carbocycles. The first kappa shape index (κ1) is 77.8. The normalized spacial score (nSPS) is 20.9. The van der Waals surface area contributed by atoms with E-state index >= 15 is 0 Å². The monoisotopic (exact) mass is 1390 g/mol. The molecule has 13 N–H and O–H groups in total. The number of hydrogen-bond donors (Lipinski definition) is 12. The molecule has 5 aliphatic heterocycles. The van der Waals surface area contributed by atoms with Crippen LogP contribution in [-0.2, 0) is 84.8 Å². The number of aliphatic carboxylic acids is 1. The molecule has 0 aliphatic carbocycles. The maximum Gasteiger partial charge on any atom is 0.325 e. The van der Waals surface area contributed by atoms with Crippen LogP contribution in [0, 0.1) is 11.8 Å². The lowest BCUT2D eigenvalue weighted by atomic mass is 9.98. The summed E-state index contributed by atoms with van der Waals surface area (Å²) >= 11 is 0. The van der Waals surface area contributed by atoms with Crippen LogP contribution in [0.25, 0.3) is 0 Å². The standard InChI is InChI=1S/C69H99N15O16/c1-39(2)34-47(78-64(94)57(40(3)4)80-59(89)45-22-13-29-71-45)60(90)79-49(36-44-20-11-8-12-21-44)67(97)82-31-14-23-50(82)61(91)73-37-55(86)74-41(5)65(95)81-30-15-25-52(81)63(93)77-48(35-43-18-9-7-10-19-43)58(88)72-38-56(87)76-46(27-28-54(70)85)66(96)84-33-17-26-53(84)68(98)83-32-16-24-51(83)62(92)75-42(6)69(99)100/h7-12,18-21,39-42,45-53,57,71H,13-17,22-38H2,1-6H3,(H2,70,85)(H,72,88)(H,73,91)(H,74,86)(H,75,92)(H,76,87)(H,77,93)(H,78,94)(H,79,90)(H,80,89)(H,99,100)/t41-,42-,45-,46-,47-,48-,49-,50-,51-,52-,53-,57-/m0/s1. The van der Waals surface area contributed by atoms with Gasteiger partial charge >= 0.3 is 5.97 Å². The van der Waals surface area contributed by atoms with E-state index in [1.54, 1.807) is 74.5 Å². The van der Waals surface area contributed by atoms with Crippen LogP contribution >= 0.6 is 0 Å². The van der Waals surface area contributed by atoms with Crippen molar-refractivity contribution in [1.29, 1.82) is 0 Å². The topological polar surface area (TPSA) is 436 Å². The predicted octanol–water partition coefficient (Wildman–Crippen LogP) is -2.09. The van der Waals surface area contributed by atoms with Crippen molar-refractivity contribution in [2.45, 2.75) is 210 Å². The average Bonchev–Trinajstić information content (AvgIpc) is 1.62. The molecule has 0 bridgehead atoms. The minimum absolute atomic E-state index is 0.0343. The Labute approximate surface area is 581 Å². The summed E-state index contributed by atoms with van der Waals surface area (Å²) in [4.78, 5) is 210. The molecule has 5 aliphatic rings. The maximum absolute atomic E-state index is 14.7. The predicted molar refractivity (Wildman–Crippen MR) is 361 cm³/mol. The molecule has 7 rings (SSSR count). The molecule has 2 aromatic rings. The number of rotatable bonds is 33. The number of amides is 14. The fraction of sp³-hybridized carbons (Fsp3) is 0.609. The van der Waals surface area contributed by atoms with Crippen molar-refractivity contribution in [3.05, 3.63) is 71.8 Å². The highest BCUT2D eigenvalue weighted by molar-refractivity contribution is 6.00. The van der Waals surface area contributed by atoms with Gasteiger partial charge in [-0.2, -0.15) is 0 Å². The lowest BCUT2D eigenvalue weighted by molar-refractivity contribution is -0.148. The molecule has 12 atom stereocenters. The zero-order valence-electron chi connectivity index (χ0n) is 57.8. The summed E-state index contributed by atoms with van der Waals surface area (Å²) in [6.45, 7) is 9.93. The summed E-state index contributed by atoms with van der Waals surface area (Å²) in [7, 11) is 0. The Morgan fingerprint density at radius 1 is 0.480 bits per heavy atom. The van der Waals surface area contributed by atoms with Gasteiger partial charge in [-0.1, -0.05) is 88.4 Å². The van der Waals surface area contributed by atoms with Gasteiger partial charge in [0.25, 0.3) is 0 Å². The minimum Gasteiger partial charge on any atom is -0.480 e. The molecule has 31 nitrogen and oxygen atoms in total. The summed E-state index contributed by atoms with van der Waals surface area (Å²) in [5.74, 6) is -10.9. The Morgan fingerprint density at radius 3 is 1.54 bits per heavy atom. The fourth-order valence-corrected chi connectivity index (χ4v) is 13.4. The summed E-state index contributed by atoms with van der Waals surface area (Å²) in [6.07, 6.45) is 3.54. The van der Waals surface area contributed by atoms with E-state index in [1.807, 2.05) is 13.8 Å². The van der Waals surface area contributed by atoms with Gasteiger partial charge < -0.3 is 83.6 Å². The van der Waals surface area contributed by atoms with Crippen molar-refractivity contribution in [2.24, 2.45) is 17.6 Å². The molecule has 5 heterocycles. The Bertz CT molecular complexity index is 3300. The number of nitrogens with one attached hydrogen (secondary N) is 10. The lowest BCUT2D eigenvalue weighted by Crippen LogP contribution is -2.60. The number of carboxylic acids is 1. The first-order valence-electron chi connectivity index (χ1n) is 34.8. The van der Waals surface area contributed by atoms with Crippen molar-refractivity contribution in [1.82, 2.24) is 72.8 Å². The average molecular weight is 1390 g/mol. The SMILES string of the molecule is CC(C)C[C@H](NC(=O)[C@@H](NC(=O)[C@@H]1CCCN1)C(C)C)C(=O)N[C@@H](Cc1ccccc1)C(=O)N1CCC[C@H]1C(=O)NCC(=O)N[C@@H](C)C(=O)N1CCC[C@H]1C(=O)N[C@@H](Cc1ccccc1)C(=O)NCC(=O)N[C@@H](CCC(N)=O)C(=O)N1CCC[C@H]1C(=O)N1CCC[C@H]1C(=O)N[C@@H](C)C(=O)O. The number of carboxylic acid groups (broad SMARTS) is 1. The van der Waals surface area contributed by atoms with E-state index in [0.717, 1.165) is 6.42 Å². The minimum atomic E-state index is -1.39. The van der Waals surface area contributed by atoms with Gasteiger partial charge in [-0.3, -0.25) is 71.9 Å². The molecule has 5 saturated heterocycles. The van der Waals surface area contributed by atoms with Crippen molar-refractivity contribution >= 4 is 88.7 Å². The van der Waals surface area contributed by atoms with Gasteiger partial charge in [0.05, 0.1) is 19.1 Å². The van der Waals surface area contributed by atoms with Gasteiger partial charge in [0.2, 0.25) is 82.7 Å². The lowest BCUT2D eigenvalue weighted by Gasteiger charge is -2.33. The van der Waals surface area contributed by atoms with Crippen LogP contribution in [0.1, 0.15) is 136 Å². The quantitative estimate of drug-likeness (QED) is 0.0364. The second kappa shape index (κ2) is 37.0. The van der Waals surface area contributed by atoms with Gasteiger partial charge in [-0.25, -0.2) is 0 Å². The molecule has 0 saturated carbocycles. The van der Waals surface area contributed by atoms with E-state index in [2.05, 4.69) is 53.2 Å². The van der Waals surface area contributed by atoms with Crippen LogP contribution < -0.4 is 58.9 Å². The highest BCUT2D eigenvalue weighted by atomic mass is 16.4. The van der Waals surface area contributed by atoms with Crippen molar-refractivity contribution in [3.63, 3.8) is 0 Å². The molecule has 5 fully saturated rings. The molecule has 546 valence electrons. The molecule has 31 heteroatoms. The van der Waals surface area contributed by atoms with Crippen LogP contribution in [0.5, 0.6) is 0 Å². The third-order valence-corrected chi connectivity index (χ3v) is 18.7. The van der Waals surface area contributed by atoms with Gasteiger partial charge in [-0.05, 0) is 120 Å². The van der Waals surface area contributed by atoms with Crippen molar-refractivity contribution in [2.75, 3.05) is 45.8 Å². The maximum atomic E-state index is 14.7. The Balaban J connectivity index is 0.934. The molecule has 0 aromatic heterocycles. The van der Waals surface area contributed by atoms with Crippen molar-refractivity contribution in [3.8, 4) is 0 Å². The number of nitrogens with zero attached hydrogens (tertiary/aromatic N) is 4. The highest BCUT2D eigenvalue weighted by Gasteiger charge is 2.46. The van der Waals surface area contributed by atoms with Crippen LogP contribution in [0.2, 0.25) is 0 Å². The second-order valence-electron chi connectivity index (χ2n) is 27.2. The molecule has 0 radical (unpaired) electrons. The van der Waals surface area contributed by atoms with Crippen molar-refractivity contribution < 1.29 is 77.0 Å². The van der Waals surface area contributed by atoms with Crippen LogP contribution in [0.3, 0.4) is 0 Å². The highest BCUT2D eigenvalue weighted by Crippen LogP contribution is 2.27. The summed E-state index contributed by atoms with van der Waals surface area (Å²) in [5, 5.41) is 36.4. The molecular formula is C69H99N15O16. The molecule has 0 spiro atoms. The Morgan fingerprint density at radius 2 is 0.980 bits per heavy atom.